The molecule has 2 aromatic heterocycles. The molecule has 0 amide bonds. The summed E-state index contributed by atoms with van der Waals surface area (Å²) in [7, 11) is 2.52. The molecule has 2 aliphatic rings. The van der Waals surface area contributed by atoms with E-state index in [-0.39, 0.29) is 13.1 Å². The fraction of sp³-hybridized carbons (Fsp3) is 0.429. The Morgan fingerprint density at radius 3 is 1.77 bits per heavy atom. The first-order valence-corrected chi connectivity index (χ1v) is 9.66. The molecule has 2 aliphatic heterocycles. The van der Waals surface area contributed by atoms with Crippen molar-refractivity contribution in [3.8, 4) is 0 Å². The number of piperidine rings is 2. The summed E-state index contributed by atoms with van der Waals surface area (Å²) in [6.45, 7) is 0.200. The third-order valence-electron chi connectivity index (χ3n) is 6.27. The van der Waals surface area contributed by atoms with Crippen molar-refractivity contribution in [1.82, 2.24) is 20.6 Å². The Morgan fingerprint density at radius 1 is 0.933 bits per heavy atom. The summed E-state index contributed by atoms with van der Waals surface area (Å²) in [5.74, 6) is -1.28. The maximum Gasteiger partial charge on any atom is 0.317 e. The molecule has 3 N–H and O–H groups in total. The lowest BCUT2D eigenvalue weighted by Gasteiger charge is -2.59. The Bertz CT molecular complexity index is 854. The number of rotatable bonds is 4. The van der Waals surface area contributed by atoms with Crippen LogP contribution in [0.15, 0.2) is 48.8 Å². The SMILES string of the molecule is COC(=O)C12CNCC(C(=O)OC)(C1O)[C@H](c1ccccn1)N[C@@H]2c1ccccn1. The lowest BCUT2D eigenvalue weighted by molar-refractivity contribution is -0.209. The van der Waals surface area contributed by atoms with E-state index in [2.05, 4.69) is 20.6 Å². The van der Waals surface area contributed by atoms with Crippen molar-refractivity contribution in [3.05, 3.63) is 60.2 Å². The average molecular weight is 412 g/mol. The number of pyridine rings is 2. The van der Waals surface area contributed by atoms with Crippen LogP contribution in [0.4, 0.5) is 0 Å². The van der Waals surface area contributed by atoms with Crippen molar-refractivity contribution >= 4 is 11.9 Å². The number of methoxy groups -OCH3 is 2. The molecule has 4 rings (SSSR count). The number of nitrogens with one attached hydrogen (secondary N) is 2. The first-order chi connectivity index (χ1) is 14.5. The van der Waals surface area contributed by atoms with E-state index in [1.807, 2.05) is 0 Å². The van der Waals surface area contributed by atoms with Gasteiger partial charge in [-0.1, -0.05) is 12.1 Å². The summed E-state index contributed by atoms with van der Waals surface area (Å²) < 4.78 is 10.2. The van der Waals surface area contributed by atoms with Gasteiger partial charge in [0.2, 0.25) is 0 Å². The van der Waals surface area contributed by atoms with Gasteiger partial charge in [-0.25, -0.2) is 0 Å². The Morgan fingerprint density at radius 2 is 1.40 bits per heavy atom. The monoisotopic (exact) mass is 412 g/mol. The zero-order valence-corrected chi connectivity index (χ0v) is 16.7. The molecule has 9 nitrogen and oxygen atoms in total. The fourth-order valence-corrected chi connectivity index (χ4v) is 4.89. The van der Waals surface area contributed by atoms with E-state index < -0.39 is 41.0 Å². The van der Waals surface area contributed by atoms with Crippen molar-refractivity contribution in [1.29, 1.82) is 0 Å². The Balaban J connectivity index is 1.96. The minimum Gasteiger partial charge on any atom is -0.468 e. The molecular formula is C21H24N4O5. The first-order valence-electron chi connectivity index (χ1n) is 9.66. The van der Waals surface area contributed by atoms with E-state index in [1.54, 1.807) is 48.8 Å². The number of esters is 2. The van der Waals surface area contributed by atoms with E-state index in [0.717, 1.165) is 0 Å². The fourth-order valence-electron chi connectivity index (χ4n) is 4.89. The zero-order chi connectivity index (χ0) is 21.4. The van der Waals surface area contributed by atoms with Crippen LogP contribution in [-0.4, -0.2) is 60.4 Å². The number of carbonyl (C=O) groups excluding carboxylic acids is 2. The number of hydrogen-bond acceptors (Lipinski definition) is 9. The quantitative estimate of drug-likeness (QED) is 0.602. The summed E-state index contributed by atoms with van der Waals surface area (Å²) in [6.07, 6.45) is 1.82. The maximum absolute atomic E-state index is 13.1. The van der Waals surface area contributed by atoms with Crippen LogP contribution in [0, 0.1) is 10.8 Å². The van der Waals surface area contributed by atoms with Crippen molar-refractivity contribution in [2.24, 2.45) is 10.8 Å². The van der Waals surface area contributed by atoms with Gasteiger partial charge >= 0.3 is 11.9 Å². The maximum atomic E-state index is 13.1. The highest BCUT2D eigenvalue weighted by Crippen LogP contribution is 2.56. The smallest absolute Gasteiger partial charge is 0.317 e. The number of carbonyl (C=O) groups is 2. The molecule has 0 spiro atoms. The van der Waals surface area contributed by atoms with Crippen LogP contribution < -0.4 is 10.6 Å². The summed E-state index contributed by atoms with van der Waals surface area (Å²) in [4.78, 5) is 35.1. The molecule has 4 heterocycles. The second-order valence-corrected chi connectivity index (χ2v) is 7.61. The van der Waals surface area contributed by atoms with Gasteiger partial charge in [-0.15, -0.1) is 0 Å². The largest absolute Gasteiger partial charge is 0.468 e. The van der Waals surface area contributed by atoms with Gasteiger partial charge in [0.15, 0.2) is 0 Å². The van der Waals surface area contributed by atoms with Gasteiger partial charge in [-0.3, -0.25) is 24.9 Å². The average Bonchev–Trinajstić information content (AvgIpc) is 2.79. The Kier molecular flexibility index (Phi) is 5.27. The molecule has 9 heteroatoms. The van der Waals surface area contributed by atoms with Gasteiger partial charge in [0.1, 0.15) is 10.8 Å². The second-order valence-electron chi connectivity index (χ2n) is 7.61. The second kappa shape index (κ2) is 7.75. The minimum atomic E-state index is -1.50. The molecule has 158 valence electrons. The number of fused-ring (bicyclic) bond motifs is 2. The van der Waals surface area contributed by atoms with Crippen LogP contribution in [0.25, 0.3) is 0 Å². The lowest BCUT2D eigenvalue weighted by Crippen LogP contribution is -2.76. The normalized spacial score (nSPS) is 32.8. The van der Waals surface area contributed by atoms with Gasteiger partial charge < -0.3 is 19.9 Å². The van der Waals surface area contributed by atoms with Gasteiger partial charge in [0.25, 0.3) is 0 Å². The van der Waals surface area contributed by atoms with Crippen molar-refractivity contribution in [2.45, 2.75) is 18.2 Å². The topological polar surface area (TPSA) is 123 Å². The third kappa shape index (κ3) is 2.73. The molecule has 5 atom stereocenters. The van der Waals surface area contributed by atoms with E-state index in [9.17, 15) is 14.7 Å². The number of hydrogen-bond donors (Lipinski definition) is 3. The first kappa shape index (κ1) is 20.4. The molecule has 0 aromatic carbocycles. The van der Waals surface area contributed by atoms with Crippen LogP contribution in [0.1, 0.15) is 23.5 Å². The van der Waals surface area contributed by atoms with Crippen LogP contribution >= 0.6 is 0 Å². The number of aliphatic hydroxyl groups is 1. The van der Waals surface area contributed by atoms with Crippen LogP contribution in [0.2, 0.25) is 0 Å². The summed E-state index contributed by atoms with van der Waals surface area (Å²) in [6, 6.07) is 9.20. The summed E-state index contributed by atoms with van der Waals surface area (Å²) >= 11 is 0. The minimum absolute atomic E-state index is 0.1000. The number of aliphatic hydroxyl groups excluding tert-OH is 1. The molecule has 0 aliphatic carbocycles. The lowest BCUT2D eigenvalue weighted by atomic mass is 9.54. The Hall–Kier alpha value is -2.88. The molecule has 3 unspecified atom stereocenters. The highest BCUT2D eigenvalue weighted by molar-refractivity contribution is 5.86. The zero-order valence-electron chi connectivity index (χ0n) is 16.7. The molecule has 0 radical (unpaired) electrons. The molecule has 2 saturated heterocycles. The van der Waals surface area contributed by atoms with Gasteiger partial charge in [-0.2, -0.15) is 0 Å². The third-order valence-corrected chi connectivity index (χ3v) is 6.27. The van der Waals surface area contributed by atoms with E-state index in [4.69, 9.17) is 9.47 Å². The van der Waals surface area contributed by atoms with Crippen molar-refractivity contribution in [3.63, 3.8) is 0 Å². The number of ether oxygens (including phenoxy) is 2. The van der Waals surface area contributed by atoms with Crippen LogP contribution in [0.5, 0.6) is 0 Å². The molecule has 2 bridgehead atoms. The highest BCUT2D eigenvalue weighted by atomic mass is 16.5. The van der Waals surface area contributed by atoms with E-state index >= 15 is 0 Å². The molecule has 2 aromatic rings. The van der Waals surface area contributed by atoms with Crippen LogP contribution in [-0.2, 0) is 19.1 Å². The summed E-state index contributed by atoms with van der Waals surface area (Å²) in [5, 5.41) is 18.3. The number of aromatic nitrogens is 2. The predicted molar refractivity (Wildman–Crippen MR) is 105 cm³/mol. The molecular weight excluding hydrogens is 388 g/mol. The Labute approximate surface area is 173 Å². The van der Waals surface area contributed by atoms with Gasteiger partial charge in [-0.05, 0) is 24.3 Å². The van der Waals surface area contributed by atoms with E-state index in [0.29, 0.717) is 11.4 Å². The molecule has 0 saturated carbocycles. The standard InChI is InChI=1S/C21H24N4O5/c1-29-18(27)20-11-22-12-21(17(20)26,19(28)30-2)16(14-8-4-6-10-24-14)25-15(20)13-7-3-5-9-23-13/h3-10,15-17,22,25-26H,11-12H2,1-2H3/t15-,16+,17?,20?,21?. The van der Waals surface area contributed by atoms with Crippen LogP contribution in [0.3, 0.4) is 0 Å². The van der Waals surface area contributed by atoms with Crippen molar-refractivity contribution < 1.29 is 24.2 Å². The van der Waals surface area contributed by atoms with E-state index in [1.165, 1.54) is 14.2 Å². The summed E-state index contributed by atoms with van der Waals surface area (Å²) in [5.41, 5.74) is -1.91. The van der Waals surface area contributed by atoms with Gasteiger partial charge in [0.05, 0.1) is 43.8 Å². The van der Waals surface area contributed by atoms with Crippen molar-refractivity contribution in [2.75, 3.05) is 27.3 Å². The number of nitrogens with zero attached hydrogens (tertiary/aromatic N) is 2. The molecule has 2 fully saturated rings. The predicted octanol–water partition coefficient (Wildman–Crippen LogP) is 0.145. The highest BCUT2D eigenvalue weighted by Gasteiger charge is 2.72. The van der Waals surface area contributed by atoms with Gasteiger partial charge in [0, 0.05) is 25.5 Å². The molecule has 30 heavy (non-hydrogen) atoms.